The van der Waals surface area contributed by atoms with Crippen molar-refractivity contribution in [2.45, 2.75) is 13.8 Å². The molecule has 0 fully saturated rings. The molecule has 92 valence electrons. The Hall–Kier alpha value is -2.05. The first-order chi connectivity index (χ1) is 7.82. The van der Waals surface area contributed by atoms with Crippen LogP contribution < -0.4 is 9.47 Å². The molecule has 4 nitrogen and oxygen atoms in total. The fourth-order valence-corrected chi connectivity index (χ4v) is 1.03. The van der Waals surface area contributed by atoms with Gasteiger partial charge in [-0.2, -0.15) is 4.39 Å². The number of hydrogen-bond donors (Lipinski definition) is 0. The molecule has 0 heterocycles. The van der Waals surface area contributed by atoms with Gasteiger partial charge < -0.3 is 9.47 Å². The molecule has 0 radical (unpaired) electrons. The molecule has 17 heavy (non-hydrogen) atoms. The molecule has 0 bridgehead atoms. The van der Waals surface area contributed by atoms with Gasteiger partial charge in [-0.3, -0.25) is 9.59 Å². The lowest BCUT2D eigenvalue weighted by Gasteiger charge is -2.10. The van der Waals surface area contributed by atoms with E-state index in [4.69, 9.17) is 0 Å². The molecule has 0 amide bonds. The molecule has 1 aromatic carbocycles. The summed E-state index contributed by atoms with van der Waals surface area (Å²) in [6.07, 6.45) is 0. The molecule has 0 atom stereocenters. The number of halogens is 3. The maximum absolute atomic E-state index is 13.3. The predicted molar refractivity (Wildman–Crippen MR) is 48.9 cm³/mol. The van der Waals surface area contributed by atoms with Crippen molar-refractivity contribution in [1.82, 2.24) is 0 Å². The van der Waals surface area contributed by atoms with Crippen LogP contribution in [-0.2, 0) is 9.59 Å². The zero-order valence-electron chi connectivity index (χ0n) is 8.84. The lowest BCUT2D eigenvalue weighted by Crippen LogP contribution is -2.10. The highest BCUT2D eigenvalue weighted by Gasteiger charge is 2.23. The van der Waals surface area contributed by atoms with Gasteiger partial charge in [0.15, 0.2) is 17.4 Å². The molecule has 0 aromatic heterocycles. The van der Waals surface area contributed by atoms with Crippen LogP contribution in [-0.4, -0.2) is 11.9 Å². The highest BCUT2D eigenvalue weighted by molar-refractivity contribution is 5.73. The third kappa shape index (κ3) is 2.96. The Morgan fingerprint density at radius 1 is 1.00 bits per heavy atom. The van der Waals surface area contributed by atoms with Crippen LogP contribution in [0.2, 0.25) is 0 Å². The van der Waals surface area contributed by atoms with Gasteiger partial charge in [0, 0.05) is 19.9 Å². The normalized spacial score (nSPS) is 9.94. The van der Waals surface area contributed by atoms with Crippen molar-refractivity contribution in [2.75, 3.05) is 0 Å². The van der Waals surface area contributed by atoms with Gasteiger partial charge in [0.25, 0.3) is 0 Å². The number of carbonyl (C=O) groups excluding carboxylic acids is 2. The first-order valence-corrected chi connectivity index (χ1v) is 4.37. The van der Waals surface area contributed by atoms with Crippen molar-refractivity contribution in [1.29, 1.82) is 0 Å². The molecular formula is C10H7F3O4. The SMILES string of the molecule is CC(=O)Oc1cc(F)c(F)c(F)c1OC(C)=O. The number of hydrogen-bond acceptors (Lipinski definition) is 4. The summed E-state index contributed by atoms with van der Waals surface area (Å²) >= 11 is 0. The van der Waals surface area contributed by atoms with Gasteiger partial charge in [-0.25, -0.2) is 8.78 Å². The average molecular weight is 248 g/mol. The van der Waals surface area contributed by atoms with Crippen LogP contribution in [0.5, 0.6) is 11.5 Å². The second-order valence-corrected chi connectivity index (χ2v) is 3.00. The standard InChI is InChI=1S/C10H7F3O4/c1-4(14)16-7-3-6(11)8(12)9(13)10(7)17-5(2)15/h3H,1-2H3. The fraction of sp³-hybridized carbons (Fsp3) is 0.200. The largest absolute Gasteiger partial charge is 0.422 e. The second kappa shape index (κ2) is 4.86. The topological polar surface area (TPSA) is 52.6 Å². The van der Waals surface area contributed by atoms with Crippen molar-refractivity contribution in [3.63, 3.8) is 0 Å². The van der Waals surface area contributed by atoms with Crippen LogP contribution in [0.25, 0.3) is 0 Å². The maximum atomic E-state index is 13.3. The van der Waals surface area contributed by atoms with Crippen molar-refractivity contribution in [2.24, 2.45) is 0 Å². The Bertz CT molecular complexity index is 485. The highest BCUT2D eigenvalue weighted by atomic mass is 19.2. The summed E-state index contributed by atoms with van der Waals surface area (Å²) in [6, 6.07) is 0.415. The molecule has 0 N–H and O–H groups in total. The Labute approximate surface area is 93.9 Å². The Morgan fingerprint density at radius 3 is 2.00 bits per heavy atom. The molecular weight excluding hydrogens is 241 g/mol. The summed E-state index contributed by atoms with van der Waals surface area (Å²) in [5.74, 6) is -8.66. The van der Waals surface area contributed by atoms with Crippen molar-refractivity contribution < 1.29 is 32.2 Å². The van der Waals surface area contributed by atoms with E-state index in [1.54, 1.807) is 0 Å². The Balaban J connectivity index is 3.34. The fourth-order valence-electron chi connectivity index (χ4n) is 1.03. The summed E-state index contributed by atoms with van der Waals surface area (Å²) in [4.78, 5) is 21.3. The first kappa shape index (κ1) is 13.0. The predicted octanol–water partition coefficient (Wildman–Crippen LogP) is 1.95. The minimum absolute atomic E-state index is 0.415. The van der Waals surface area contributed by atoms with Crippen LogP contribution in [0.15, 0.2) is 6.07 Å². The molecule has 1 aromatic rings. The monoisotopic (exact) mass is 248 g/mol. The number of benzene rings is 1. The zero-order valence-corrected chi connectivity index (χ0v) is 8.84. The summed E-state index contributed by atoms with van der Waals surface area (Å²) in [5, 5.41) is 0. The molecule has 1 rings (SSSR count). The van der Waals surface area contributed by atoms with Crippen LogP contribution in [0, 0.1) is 17.5 Å². The highest BCUT2D eigenvalue weighted by Crippen LogP contribution is 2.33. The van der Waals surface area contributed by atoms with Gasteiger partial charge in [-0.05, 0) is 0 Å². The minimum Gasteiger partial charge on any atom is -0.422 e. The minimum atomic E-state index is -1.82. The van der Waals surface area contributed by atoms with Crippen LogP contribution in [0.3, 0.4) is 0 Å². The van der Waals surface area contributed by atoms with Gasteiger partial charge in [-0.15, -0.1) is 0 Å². The molecule has 0 aliphatic carbocycles. The van der Waals surface area contributed by atoms with Crippen LogP contribution >= 0.6 is 0 Å². The van der Waals surface area contributed by atoms with E-state index < -0.39 is 40.9 Å². The molecule has 0 spiro atoms. The number of ether oxygens (including phenoxy) is 2. The number of esters is 2. The Morgan fingerprint density at radius 2 is 1.53 bits per heavy atom. The van der Waals surface area contributed by atoms with Crippen molar-refractivity contribution in [3.05, 3.63) is 23.5 Å². The van der Waals surface area contributed by atoms with E-state index in [9.17, 15) is 22.8 Å². The van der Waals surface area contributed by atoms with Crippen LogP contribution in [0.4, 0.5) is 13.2 Å². The Kier molecular flexibility index (Phi) is 3.72. The molecule has 0 saturated heterocycles. The van der Waals surface area contributed by atoms with Gasteiger partial charge in [0.05, 0.1) is 0 Å². The second-order valence-electron chi connectivity index (χ2n) is 3.00. The van der Waals surface area contributed by atoms with E-state index in [1.165, 1.54) is 0 Å². The third-order valence-corrected chi connectivity index (χ3v) is 1.58. The van der Waals surface area contributed by atoms with E-state index in [1.807, 2.05) is 0 Å². The van der Waals surface area contributed by atoms with Crippen molar-refractivity contribution in [3.8, 4) is 11.5 Å². The average Bonchev–Trinajstić information content (AvgIpc) is 2.20. The van der Waals surface area contributed by atoms with Crippen molar-refractivity contribution >= 4 is 11.9 Å². The lowest BCUT2D eigenvalue weighted by atomic mass is 10.2. The van der Waals surface area contributed by atoms with E-state index >= 15 is 0 Å². The quantitative estimate of drug-likeness (QED) is 0.456. The molecule has 0 unspecified atom stereocenters. The van der Waals surface area contributed by atoms with E-state index in [0.717, 1.165) is 13.8 Å². The van der Waals surface area contributed by atoms with Gasteiger partial charge in [-0.1, -0.05) is 0 Å². The number of rotatable bonds is 2. The first-order valence-electron chi connectivity index (χ1n) is 4.37. The lowest BCUT2D eigenvalue weighted by molar-refractivity contribution is -0.134. The summed E-state index contributed by atoms with van der Waals surface area (Å²) < 4.78 is 47.7. The maximum Gasteiger partial charge on any atom is 0.308 e. The molecule has 0 saturated carbocycles. The van der Waals surface area contributed by atoms with Crippen LogP contribution in [0.1, 0.15) is 13.8 Å². The summed E-state index contributed by atoms with van der Waals surface area (Å²) in [6.45, 7) is 1.90. The van der Waals surface area contributed by atoms with Gasteiger partial charge in [0.2, 0.25) is 11.6 Å². The zero-order chi connectivity index (χ0) is 13.2. The summed E-state index contributed by atoms with van der Waals surface area (Å²) in [5.41, 5.74) is 0. The van der Waals surface area contributed by atoms with E-state index in [0.29, 0.717) is 6.07 Å². The molecule has 7 heteroatoms. The molecule has 0 aliphatic heterocycles. The van der Waals surface area contributed by atoms with E-state index in [2.05, 4.69) is 9.47 Å². The van der Waals surface area contributed by atoms with E-state index in [-0.39, 0.29) is 0 Å². The van der Waals surface area contributed by atoms with Gasteiger partial charge >= 0.3 is 11.9 Å². The third-order valence-electron chi connectivity index (χ3n) is 1.58. The smallest absolute Gasteiger partial charge is 0.308 e. The summed E-state index contributed by atoms with van der Waals surface area (Å²) in [7, 11) is 0. The molecule has 0 aliphatic rings. The van der Waals surface area contributed by atoms with Gasteiger partial charge in [0.1, 0.15) is 0 Å². The number of carbonyl (C=O) groups is 2.